The van der Waals surface area contributed by atoms with Gasteiger partial charge in [-0.3, -0.25) is 14.6 Å². The van der Waals surface area contributed by atoms with Gasteiger partial charge >= 0.3 is 0 Å². The van der Waals surface area contributed by atoms with Crippen LogP contribution in [0.2, 0.25) is 0 Å². The van der Waals surface area contributed by atoms with E-state index in [2.05, 4.69) is 15.6 Å². The summed E-state index contributed by atoms with van der Waals surface area (Å²) in [6.45, 7) is 1.21. The van der Waals surface area contributed by atoms with Crippen LogP contribution in [0.4, 0.5) is 5.69 Å². The molecule has 0 radical (unpaired) electrons. The first-order valence-corrected chi connectivity index (χ1v) is 7.74. The van der Waals surface area contributed by atoms with E-state index in [0.717, 1.165) is 24.8 Å². The predicted octanol–water partition coefficient (Wildman–Crippen LogP) is 1.86. The highest BCUT2D eigenvalue weighted by molar-refractivity contribution is 6.07. The molecule has 2 N–H and O–H groups in total. The smallest absolute Gasteiger partial charge is 0.233 e. The first kappa shape index (κ1) is 15.4. The highest BCUT2D eigenvalue weighted by Gasteiger charge is 2.17. The lowest BCUT2D eigenvalue weighted by Gasteiger charge is -2.11. The number of nitrogens with zero attached hydrogens (tertiary/aromatic N) is 1. The van der Waals surface area contributed by atoms with Crippen molar-refractivity contribution in [2.75, 3.05) is 18.5 Å². The van der Waals surface area contributed by atoms with Gasteiger partial charge in [-0.15, -0.1) is 0 Å². The van der Waals surface area contributed by atoms with Crippen LogP contribution in [0.1, 0.15) is 19.3 Å². The van der Waals surface area contributed by atoms with Crippen LogP contribution >= 0.6 is 0 Å². The van der Waals surface area contributed by atoms with E-state index in [0.29, 0.717) is 17.7 Å². The van der Waals surface area contributed by atoms with Crippen LogP contribution < -0.4 is 10.6 Å². The number of ether oxygens (including phenoxy) is 1. The van der Waals surface area contributed by atoms with E-state index in [4.69, 9.17) is 4.74 Å². The quantitative estimate of drug-likeness (QED) is 0.826. The zero-order valence-electron chi connectivity index (χ0n) is 12.7. The second-order valence-corrected chi connectivity index (χ2v) is 5.54. The Morgan fingerprint density at radius 2 is 2.09 bits per heavy atom. The Kier molecular flexibility index (Phi) is 4.83. The third-order valence-corrected chi connectivity index (χ3v) is 3.78. The molecule has 1 aliphatic rings. The van der Waals surface area contributed by atoms with Crippen molar-refractivity contribution in [3.8, 4) is 0 Å². The van der Waals surface area contributed by atoms with Crippen molar-refractivity contribution in [2.45, 2.75) is 25.4 Å². The van der Waals surface area contributed by atoms with E-state index >= 15 is 0 Å². The molecule has 23 heavy (non-hydrogen) atoms. The molecule has 0 bridgehead atoms. The summed E-state index contributed by atoms with van der Waals surface area (Å²) in [7, 11) is 0. The number of para-hydroxylation sites is 1. The van der Waals surface area contributed by atoms with Gasteiger partial charge in [0, 0.05) is 24.7 Å². The normalized spacial score (nSPS) is 17.1. The maximum absolute atomic E-state index is 12.0. The van der Waals surface area contributed by atoms with E-state index in [1.165, 1.54) is 0 Å². The summed E-state index contributed by atoms with van der Waals surface area (Å²) < 4.78 is 5.43. The zero-order chi connectivity index (χ0) is 16.1. The summed E-state index contributed by atoms with van der Waals surface area (Å²) >= 11 is 0. The van der Waals surface area contributed by atoms with Crippen molar-refractivity contribution >= 4 is 28.4 Å². The summed E-state index contributed by atoms with van der Waals surface area (Å²) in [5.41, 5.74) is 1.32. The zero-order valence-corrected chi connectivity index (χ0v) is 12.7. The Morgan fingerprint density at radius 3 is 2.91 bits per heavy atom. The van der Waals surface area contributed by atoms with Gasteiger partial charge in [0.2, 0.25) is 11.8 Å². The summed E-state index contributed by atoms with van der Waals surface area (Å²) in [6.07, 6.45) is 3.51. The SMILES string of the molecule is O=C(CC(=O)Nc1cccc2cccnc12)NCC1CCCO1. The van der Waals surface area contributed by atoms with Crippen LogP contribution in [-0.2, 0) is 14.3 Å². The molecule has 6 heteroatoms. The van der Waals surface area contributed by atoms with E-state index in [1.54, 1.807) is 12.3 Å². The van der Waals surface area contributed by atoms with Gasteiger partial charge in [0.05, 0.1) is 17.3 Å². The number of fused-ring (bicyclic) bond motifs is 1. The minimum Gasteiger partial charge on any atom is -0.376 e. The highest BCUT2D eigenvalue weighted by atomic mass is 16.5. The van der Waals surface area contributed by atoms with Crippen LogP contribution in [0, 0.1) is 0 Å². The Bertz CT molecular complexity index is 706. The van der Waals surface area contributed by atoms with Gasteiger partial charge in [0.15, 0.2) is 0 Å². The molecule has 2 amide bonds. The number of hydrogen-bond donors (Lipinski definition) is 2. The van der Waals surface area contributed by atoms with Gasteiger partial charge in [-0.1, -0.05) is 18.2 Å². The topological polar surface area (TPSA) is 80.3 Å². The highest BCUT2D eigenvalue weighted by Crippen LogP contribution is 2.20. The Hall–Kier alpha value is -2.47. The fraction of sp³-hybridized carbons (Fsp3) is 0.353. The molecule has 1 saturated heterocycles. The average Bonchev–Trinajstić information content (AvgIpc) is 3.07. The Morgan fingerprint density at radius 1 is 1.22 bits per heavy atom. The third kappa shape index (κ3) is 4.04. The number of pyridine rings is 1. The molecule has 3 rings (SSSR count). The van der Waals surface area contributed by atoms with Crippen molar-refractivity contribution in [2.24, 2.45) is 0 Å². The molecule has 1 aromatic carbocycles. The number of aromatic nitrogens is 1. The fourth-order valence-corrected chi connectivity index (χ4v) is 2.64. The lowest BCUT2D eigenvalue weighted by molar-refractivity contribution is -0.127. The van der Waals surface area contributed by atoms with Gasteiger partial charge in [-0.2, -0.15) is 0 Å². The van der Waals surface area contributed by atoms with Gasteiger partial charge in [-0.25, -0.2) is 0 Å². The van der Waals surface area contributed by atoms with Crippen molar-refractivity contribution in [3.63, 3.8) is 0 Å². The Labute approximate surface area is 134 Å². The van der Waals surface area contributed by atoms with Crippen molar-refractivity contribution in [1.29, 1.82) is 0 Å². The summed E-state index contributed by atoms with van der Waals surface area (Å²) in [5, 5.41) is 6.43. The van der Waals surface area contributed by atoms with Crippen LogP contribution in [0.5, 0.6) is 0 Å². The lowest BCUT2D eigenvalue weighted by atomic mass is 10.2. The molecule has 1 aliphatic heterocycles. The first-order valence-electron chi connectivity index (χ1n) is 7.74. The number of hydrogen-bond acceptors (Lipinski definition) is 4. The second kappa shape index (κ2) is 7.19. The number of nitrogens with one attached hydrogen (secondary N) is 2. The largest absolute Gasteiger partial charge is 0.376 e. The van der Waals surface area contributed by atoms with Crippen LogP contribution in [-0.4, -0.2) is 36.1 Å². The maximum atomic E-state index is 12.0. The van der Waals surface area contributed by atoms with E-state index in [1.807, 2.05) is 24.3 Å². The molecule has 0 saturated carbocycles. The van der Waals surface area contributed by atoms with Crippen LogP contribution in [0.15, 0.2) is 36.5 Å². The van der Waals surface area contributed by atoms with E-state index in [-0.39, 0.29) is 24.3 Å². The monoisotopic (exact) mass is 313 g/mol. The van der Waals surface area contributed by atoms with Crippen molar-refractivity contribution < 1.29 is 14.3 Å². The summed E-state index contributed by atoms with van der Waals surface area (Å²) in [6, 6.07) is 9.31. The molecule has 1 atom stereocenters. The number of rotatable bonds is 5. The molecule has 2 heterocycles. The molecule has 1 unspecified atom stereocenters. The summed E-state index contributed by atoms with van der Waals surface area (Å²) in [4.78, 5) is 28.1. The van der Waals surface area contributed by atoms with Crippen LogP contribution in [0.3, 0.4) is 0 Å². The second-order valence-electron chi connectivity index (χ2n) is 5.54. The fourth-order valence-electron chi connectivity index (χ4n) is 2.64. The van der Waals surface area contributed by atoms with Crippen molar-refractivity contribution in [3.05, 3.63) is 36.5 Å². The van der Waals surface area contributed by atoms with E-state index in [9.17, 15) is 9.59 Å². The van der Waals surface area contributed by atoms with Gasteiger partial charge in [0.25, 0.3) is 0 Å². The molecular weight excluding hydrogens is 294 g/mol. The standard InChI is InChI=1S/C17H19N3O3/c21-15(19-11-13-6-3-9-23-13)10-16(22)20-14-7-1-4-12-5-2-8-18-17(12)14/h1-2,4-5,7-8,13H,3,6,9-11H2,(H,19,21)(H,20,22). The number of amides is 2. The Balaban J connectivity index is 1.54. The maximum Gasteiger partial charge on any atom is 0.233 e. The van der Waals surface area contributed by atoms with Gasteiger partial charge < -0.3 is 15.4 Å². The molecule has 0 aliphatic carbocycles. The third-order valence-electron chi connectivity index (χ3n) is 3.78. The number of anilines is 1. The average molecular weight is 313 g/mol. The lowest BCUT2D eigenvalue weighted by Crippen LogP contribution is -2.34. The molecule has 0 spiro atoms. The van der Waals surface area contributed by atoms with Crippen molar-refractivity contribution in [1.82, 2.24) is 10.3 Å². The van der Waals surface area contributed by atoms with E-state index < -0.39 is 0 Å². The summed E-state index contributed by atoms with van der Waals surface area (Å²) in [5.74, 6) is -0.654. The minimum absolute atomic E-state index is 0.0734. The molecule has 120 valence electrons. The number of carbonyl (C=O) groups excluding carboxylic acids is 2. The molecular formula is C17H19N3O3. The molecule has 1 fully saturated rings. The predicted molar refractivity (Wildman–Crippen MR) is 87.0 cm³/mol. The number of carbonyl (C=O) groups is 2. The van der Waals surface area contributed by atoms with Gasteiger partial charge in [-0.05, 0) is 25.0 Å². The molecule has 1 aromatic heterocycles. The first-order chi connectivity index (χ1) is 11.2. The minimum atomic E-state index is -0.354. The van der Waals surface area contributed by atoms with Crippen LogP contribution in [0.25, 0.3) is 10.9 Å². The molecule has 2 aromatic rings. The number of benzene rings is 1. The van der Waals surface area contributed by atoms with Gasteiger partial charge in [0.1, 0.15) is 6.42 Å². The molecule has 6 nitrogen and oxygen atoms in total.